The zero-order valence-electron chi connectivity index (χ0n) is 12.0. The number of hydrogen-bond donors (Lipinski definition) is 2. The molecule has 1 aromatic heterocycles. The Labute approximate surface area is 124 Å². The predicted molar refractivity (Wildman–Crippen MR) is 83.0 cm³/mol. The summed E-state index contributed by atoms with van der Waals surface area (Å²) >= 11 is 0. The van der Waals surface area contributed by atoms with Crippen molar-refractivity contribution in [3.05, 3.63) is 53.0 Å². The Morgan fingerprint density at radius 2 is 1.95 bits per heavy atom. The standard InChI is InChI=1S/C17H20N4/c18-21-16-10-15(12-8-9-12)19-17(20-16)14-7-3-5-11-4-1-2-6-13(11)14/h1-2,4,6,10,12,14H,3,5,7-9,18H2,(H,19,20,21). The van der Waals surface area contributed by atoms with Crippen molar-refractivity contribution in [2.24, 2.45) is 5.84 Å². The number of nitrogens with one attached hydrogen (secondary N) is 1. The van der Waals surface area contributed by atoms with Crippen molar-refractivity contribution in [2.45, 2.75) is 43.9 Å². The first-order valence-electron chi connectivity index (χ1n) is 7.78. The van der Waals surface area contributed by atoms with Crippen molar-refractivity contribution in [3.8, 4) is 0 Å². The molecule has 2 aromatic rings. The van der Waals surface area contributed by atoms with Gasteiger partial charge in [0.15, 0.2) is 0 Å². The number of hydrogen-bond acceptors (Lipinski definition) is 4. The molecule has 0 aliphatic heterocycles. The van der Waals surface area contributed by atoms with Crippen molar-refractivity contribution in [1.29, 1.82) is 0 Å². The first-order valence-corrected chi connectivity index (χ1v) is 7.78. The lowest BCUT2D eigenvalue weighted by molar-refractivity contribution is 0.588. The molecule has 0 spiro atoms. The fourth-order valence-corrected chi connectivity index (χ4v) is 3.33. The molecule has 2 aliphatic rings. The van der Waals surface area contributed by atoms with Crippen LogP contribution >= 0.6 is 0 Å². The normalized spacial score (nSPS) is 20.9. The summed E-state index contributed by atoms with van der Waals surface area (Å²) in [5.74, 6) is 8.18. The fraction of sp³-hybridized carbons (Fsp3) is 0.412. The maximum Gasteiger partial charge on any atom is 0.143 e. The van der Waals surface area contributed by atoms with Crippen LogP contribution < -0.4 is 11.3 Å². The smallest absolute Gasteiger partial charge is 0.143 e. The maximum atomic E-state index is 5.59. The van der Waals surface area contributed by atoms with Gasteiger partial charge >= 0.3 is 0 Å². The van der Waals surface area contributed by atoms with Crippen LogP contribution in [0.2, 0.25) is 0 Å². The van der Waals surface area contributed by atoms with Gasteiger partial charge in [0.05, 0.1) is 0 Å². The minimum Gasteiger partial charge on any atom is -0.308 e. The third-order valence-corrected chi connectivity index (χ3v) is 4.59. The molecule has 1 aromatic carbocycles. The summed E-state index contributed by atoms with van der Waals surface area (Å²) in [7, 11) is 0. The van der Waals surface area contributed by atoms with Crippen LogP contribution in [-0.2, 0) is 6.42 Å². The van der Waals surface area contributed by atoms with E-state index < -0.39 is 0 Å². The van der Waals surface area contributed by atoms with E-state index >= 15 is 0 Å². The molecule has 1 atom stereocenters. The summed E-state index contributed by atoms with van der Waals surface area (Å²) in [5.41, 5.74) is 6.68. The molecule has 1 unspecified atom stereocenters. The average Bonchev–Trinajstić information content (AvgIpc) is 3.39. The average molecular weight is 280 g/mol. The van der Waals surface area contributed by atoms with Crippen LogP contribution in [0.1, 0.15) is 60.2 Å². The molecular weight excluding hydrogens is 260 g/mol. The van der Waals surface area contributed by atoms with Gasteiger partial charge in [-0.25, -0.2) is 15.8 Å². The molecule has 0 radical (unpaired) electrons. The van der Waals surface area contributed by atoms with Crippen LogP contribution in [0.5, 0.6) is 0 Å². The lowest BCUT2D eigenvalue weighted by atomic mass is 9.82. The van der Waals surface area contributed by atoms with E-state index in [2.05, 4.69) is 34.7 Å². The number of fused-ring (bicyclic) bond motifs is 1. The second kappa shape index (κ2) is 5.11. The Hall–Kier alpha value is -1.94. The molecule has 3 N–H and O–H groups in total. The van der Waals surface area contributed by atoms with Crippen LogP contribution in [0, 0.1) is 0 Å². The van der Waals surface area contributed by atoms with E-state index in [-0.39, 0.29) is 0 Å². The van der Waals surface area contributed by atoms with Crippen LogP contribution in [-0.4, -0.2) is 9.97 Å². The van der Waals surface area contributed by atoms with Crippen molar-refractivity contribution in [3.63, 3.8) is 0 Å². The molecule has 0 bridgehead atoms. The number of nitrogen functional groups attached to an aromatic ring is 1. The Bertz CT molecular complexity index is 664. The number of nitrogens with two attached hydrogens (primary N) is 1. The molecule has 2 aliphatic carbocycles. The van der Waals surface area contributed by atoms with E-state index in [1.54, 1.807) is 0 Å². The summed E-state index contributed by atoms with van der Waals surface area (Å²) in [6.45, 7) is 0. The molecule has 0 amide bonds. The molecule has 4 rings (SSSR count). The molecule has 1 fully saturated rings. The molecular formula is C17H20N4. The van der Waals surface area contributed by atoms with Crippen molar-refractivity contribution < 1.29 is 0 Å². The largest absolute Gasteiger partial charge is 0.308 e. The number of aromatic nitrogens is 2. The highest BCUT2D eigenvalue weighted by Gasteiger charge is 2.29. The summed E-state index contributed by atoms with van der Waals surface area (Å²) in [6, 6.07) is 10.7. The summed E-state index contributed by atoms with van der Waals surface area (Å²) in [6.07, 6.45) is 5.96. The van der Waals surface area contributed by atoms with Gasteiger partial charge in [0, 0.05) is 23.6 Å². The monoisotopic (exact) mass is 280 g/mol. The van der Waals surface area contributed by atoms with E-state index in [0.717, 1.165) is 30.2 Å². The third kappa shape index (κ3) is 2.40. The SMILES string of the molecule is NNc1cc(C2CC2)nc(C2CCCc3ccccc32)n1. The van der Waals surface area contributed by atoms with Gasteiger partial charge in [-0.3, -0.25) is 0 Å². The zero-order valence-corrected chi connectivity index (χ0v) is 12.0. The molecule has 1 saturated carbocycles. The molecule has 4 heteroatoms. The Kier molecular flexibility index (Phi) is 3.11. The summed E-state index contributed by atoms with van der Waals surface area (Å²) < 4.78 is 0. The van der Waals surface area contributed by atoms with E-state index in [9.17, 15) is 0 Å². The van der Waals surface area contributed by atoms with Gasteiger partial charge in [0.25, 0.3) is 0 Å². The minimum atomic E-state index is 0.306. The molecule has 1 heterocycles. The van der Waals surface area contributed by atoms with Gasteiger partial charge < -0.3 is 5.43 Å². The second-order valence-corrected chi connectivity index (χ2v) is 6.10. The van der Waals surface area contributed by atoms with Gasteiger partial charge in [-0.1, -0.05) is 24.3 Å². The Morgan fingerprint density at radius 1 is 1.10 bits per heavy atom. The highest BCUT2D eigenvalue weighted by atomic mass is 15.3. The second-order valence-electron chi connectivity index (χ2n) is 6.10. The molecule has 4 nitrogen and oxygen atoms in total. The first kappa shape index (κ1) is 12.8. The number of nitrogens with zero attached hydrogens (tertiary/aromatic N) is 2. The van der Waals surface area contributed by atoms with Crippen molar-refractivity contribution in [1.82, 2.24) is 9.97 Å². The maximum absolute atomic E-state index is 5.59. The van der Waals surface area contributed by atoms with Crippen LogP contribution in [0.15, 0.2) is 30.3 Å². The predicted octanol–water partition coefficient (Wildman–Crippen LogP) is 3.11. The van der Waals surface area contributed by atoms with Gasteiger partial charge in [0.2, 0.25) is 0 Å². The highest BCUT2D eigenvalue weighted by Crippen LogP contribution is 2.41. The van der Waals surface area contributed by atoms with Crippen LogP contribution in [0.3, 0.4) is 0 Å². The topological polar surface area (TPSA) is 63.8 Å². The third-order valence-electron chi connectivity index (χ3n) is 4.59. The molecule has 108 valence electrons. The number of aryl methyl sites for hydroxylation is 1. The lowest BCUT2D eigenvalue weighted by Crippen LogP contribution is -2.17. The van der Waals surface area contributed by atoms with Gasteiger partial charge in [-0.2, -0.15) is 0 Å². The van der Waals surface area contributed by atoms with Gasteiger partial charge in [-0.15, -0.1) is 0 Å². The van der Waals surface area contributed by atoms with Gasteiger partial charge in [-0.05, 0) is 43.2 Å². The van der Waals surface area contributed by atoms with Gasteiger partial charge in [0.1, 0.15) is 11.6 Å². The first-order chi connectivity index (χ1) is 10.3. The number of benzene rings is 1. The summed E-state index contributed by atoms with van der Waals surface area (Å²) in [4.78, 5) is 9.50. The zero-order chi connectivity index (χ0) is 14.2. The quantitative estimate of drug-likeness (QED) is 0.670. The molecule has 21 heavy (non-hydrogen) atoms. The Morgan fingerprint density at radius 3 is 2.76 bits per heavy atom. The highest BCUT2D eigenvalue weighted by molar-refractivity contribution is 5.41. The van der Waals surface area contributed by atoms with Crippen LogP contribution in [0.4, 0.5) is 5.82 Å². The Balaban J connectivity index is 1.78. The number of rotatable bonds is 3. The minimum absolute atomic E-state index is 0.306. The van der Waals surface area contributed by atoms with E-state index in [0.29, 0.717) is 11.8 Å². The van der Waals surface area contributed by atoms with Crippen molar-refractivity contribution >= 4 is 5.82 Å². The number of hydrazine groups is 1. The molecule has 0 saturated heterocycles. The summed E-state index contributed by atoms with van der Waals surface area (Å²) in [5, 5.41) is 0. The fourth-order valence-electron chi connectivity index (χ4n) is 3.33. The van der Waals surface area contributed by atoms with E-state index in [1.165, 1.54) is 30.4 Å². The van der Waals surface area contributed by atoms with Crippen molar-refractivity contribution in [2.75, 3.05) is 5.43 Å². The van der Waals surface area contributed by atoms with E-state index in [4.69, 9.17) is 10.8 Å². The van der Waals surface area contributed by atoms with E-state index in [1.807, 2.05) is 6.07 Å². The van der Waals surface area contributed by atoms with Crippen LogP contribution in [0.25, 0.3) is 0 Å². The lowest BCUT2D eigenvalue weighted by Gasteiger charge is -2.25. The number of anilines is 1.